The predicted molar refractivity (Wildman–Crippen MR) is 63.3 cm³/mol. The van der Waals surface area contributed by atoms with Crippen molar-refractivity contribution in [1.82, 2.24) is 4.98 Å². The highest BCUT2D eigenvalue weighted by Crippen LogP contribution is 2.13. The minimum atomic E-state index is -0.464. The van der Waals surface area contributed by atoms with Crippen molar-refractivity contribution in [2.75, 3.05) is 5.32 Å². The molecule has 0 aliphatic heterocycles. The molecule has 0 aliphatic carbocycles. The Morgan fingerprint density at radius 1 is 1.18 bits per heavy atom. The number of aryl methyl sites for hydroxylation is 1. The molecule has 2 rings (SSSR count). The van der Waals surface area contributed by atoms with Crippen molar-refractivity contribution in [1.29, 1.82) is 0 Å². The Bertz CT molecular complexity index is 555. The molecule has 1 N–H and O–H groups in total. The van der Waals surface area contributed by atoms with Crippen molar-refractivity contribution in [3.05, 3.63) is 59.7 Å². The number of para-hydroxylation sites is 1. The van der Waals surface area contributed by atoms with Crippen LogP contribution < -0.4 is 5.32 Å². The number of nitrogens with one attached hydrogen (secondary N) is 1. The summed E-state index contributed by atoms with van der Waals surface area (Å²) in [6.45, 7) is 1.79. The van der Waals surface area contributed by atoms with Gasteiger partial charge in [-0.25, -0.2) is 9.37 Å². The van der Waals surface area contributed by atoms with Crippen molar-refractivity contribution in [2.24, 2.45) is 0 Å². The lowest BCUT2D eigenvalue weighted by Crippen LogP contribution is -2.14. The summed E-state index contributed by atoms with van der Waals surface area (Å²) in [4.78, 5) is 15.8. The van der Waals surface area contributed by atoms with Gasteiger partial charge in [-0.05, 0) is 31.2 Å². The molecular formula is C13H11FN2O. The van der Waals surface area contributed by atoms with Gasteiger partial charge in [0.25, 0.3) is 5.91 Å². The topological polar surface area (TPSA) is 42.0 Å². The van der Waals surface area contributed by atoms with E-state index in [2.05, 4.69) is 10.3 Å². The zero-order valence-corrected chi connectivity index (χ0v) is 9.27. The highest BCUT2D eigenvalue weighted by molar-refractivity contribution is 6.02. The SMILES string of the molecule is Cc1cccc(C(=O)Nc2ccccc2F)n1. The van der Waals surface area contributed by atoms with E-state index in [1.165, 1.54) is 12.1 Å². The molecule has 3 nitrogen and oxygen atoms in total. The number of rotatable bonds is 2. The largest absolute Gasteiger partial charge is 0.318 e. The third-order valence-corrected chi connectivity index (χ3v) is 2.24. The third kappa shape index (κ3) is 2.66. The van der Waals surface area contributed by atoms with Crippen LogP contribution >= 0.6 is 0 Å². The van der Waals surface area contributed by atoms with Crippen LogP contribution in [-0.4, -0.2) is 10.9 Å². The molecule has 1 aromatic carbocycles. The Morgan fingerprint density at radius 2 is 1.94 bits per heavy atom. The quantitative estimate of drug-likeness (QED) is 0.861. The van der Waals surface area contributed by atoms with E-state index in [0.717, 1.165) is 5.69 Å². The number of aromatic nitrogens is 1. The van der Waals surface area contributed by atoms with Gasteiger partial charge in [0.15, 0.2) is 0 Å². The van der Waals surface area contributed by atoms with E-state index >= 15 is 0 Å². The highest BCUT2D eigenvalue weighted by Gasteiger charge is 2.09. The summed E-state index contributed by atoms with van der Waals surface area (Å²) >= 11 is 0. The number of benzene rings is 1. The number of nitrogens with zero attached hydrogens (tertiary/aromatic N) is 1. The minimum absolute atomic E-state index is 0.154. The van der Waals surface area contributed by atoms with Gasteiger partial charge in [0.05, 0.1) is 5.69 Å². The number of carbonyl (C=O) groups excluding carboxylic acids is 1. The average molecular weight is 230 g/mol. The maximum atomic E-state index is 13.3. The fourth-order valence-electron chi connectivity index (χ4n) is 1.42. The molecule has 0 saturated carbocycles. The maximum absolute atomic E-state index is 13.3. The monoisotopic (exact) mass is 230 g/mol. The molecule has 86 valence electrons. The maximum Gasteiger partial charge on any atom is 0.274 e. The molecule has 0 atom stereocenters. The molecule has 17 heavy (non-hydrogen) atoms. The van der Waals surface area contributed by atoms with Crippen LogP contribution in [0, 0.1) is 12.7 Å². The Morgan fingerprint density at radius 3 is 2.65 bits per heavy atom. The van der Waals surface area contributed by atoms with Gasteiger partial charge in [-0.1, -0.05) is 18.2 Å². The number of halogens is 1. The summed E-state index contributed by atoms with van der Waals surface area (Å²) in [6, 6.07) is 11.1. The molecule has 0 aliphatic rings. The number of pyridine rings is 1. The molecule has 2 aromatic rings. The fourth-order valence-corrected chi connectivity index (χ4v) is 1.42. The second-order valence-electron chi connectivity index (χ2n) is 3.60. The molecular weight excluding hydrogens is 219 g/mol. The Labute approximate surface area is 98.3 Å². The number of carbonyl (C=O) groups is 1. The molecule has 1 heterocycles. The van der Waals surface area contributed by atoms with E-state index in [1.807, 2.05) is 0 Å². The molecule has 0 radical (unpaired) electrons. The van der Waals surface area contributed by atoms with Crippen molar-refractivity contribution in [2.45, 2.75) is 6.92 Å². The smallest absolute Gasteiger partial charge is 0.274 e. The van der Waals surface area contributed by atoms with Crippen LogP contribution in [0.4, 0.5) is 10.1 Å². The van der Waals surface area contributed by atoms with Gasteiger partial charge in [-0.2, -0.15) is 0 Å². The van der Waals surface area contributed by atoms with Gasteiger partial charge >= 0.3 is 0 Å². The van der Waals surface area contributed by atoms with Crippen LogP contribution in [0.2, 0.25) is 0 Å². The van der Waals surface area contributed by atoms with Crippen molar-refractivity contribution in [3.8, 4) is 0 Å². The van der Waals surface area contributed by atoms with Crippen molar-refractivity contribution >= 4 is 11.6 Å². The first-order valence-electron chi connectivity index (χ1n) is 5.16. The fraction of sp³-hybridized carbons (Fsp3) is 0.0769. The van der Waals surface area contributed by atoms with Crippen LogP contribution in [-0.2, 0) is 0 Å². The predicted octanol–water partition coefficient (Wildman–Crippen LogP) is 2.78. The second-order valence-corrected chi connectivity index (χ2v) is 3.60. The number of amides is 1. The van der Waals surface area contributed by atoms with Gasteiger partial charge in [0.2, 0.25) is 0 Å². The van der Waals surface area contributed by atoms with Crippen LogP contribution in [0.1, 0.15) is 16.2 Å². The minimum Gasteiger partial charge on any atom is -0.318 e. The summed E-state index contributed by atoms with van der Waals surface area (Å²) in [7, 11) is 0. The summed E-state index contributed by atoms with van der Waals surface area (Å²) in [5, 5.41) is 2.48. The summed E-state index contributed by atoms with van der Waals surface area (Å²) in [5.41, 5.74) is 1.17. The highest BCUT2D eigenvalue weighted by atomic mass is 19.1. The zero-order valence-electron chi connectivity index (χ0n) is 9.27. The lowest BCUT2D eigenvalue weighted by Gasteiger charge is -2.05. The number of anilines is 1. The zero-order chi connectivity index (χ0) is 12.3. The van der Waals surface area contributed by atoms with Crippen LogP contribution in [0.25, 0.3) is 0 Å². The Kier molecular flexibility index (Phi) is 3.14. The van der Waals surface area contributed by atoms with E-state index in [1.54, 1.807) is 37.3 Å². The van der Waals surface area contributed by atoms with Gasteiger partial charge in [0.1, 0.15) is 11.5 Å². The normalized spacial score (nSPS) is 10.0. The van der Waals surface area contributed by atoms with E-state index in [9.17, 15) is 9.18 Å². The molecule has 1 aromatic heterocycles. The van der Waals surface area contributed by atoms with Gasteiger partial charge in [-0.15, -0.1) is 0 Å². The molecule has 0 spiro atoms. The van der Waals surface area contributed by atoms with Gasteiger partial charge in [-0.3, -0.25) is 4.79 Å². The van der Waals surface area contributed by atoms with E-state index in [4.69, 9.17) is 0 Å². The standard InChI is InChI=1S/C13H11FN2O/c1-9-5-4-8-12(15-9)13(17)16-11-7-3-2-6-10(11)14/h2-8H,1H3,(H,16,17). The Hall–Kier alpha value is -2.23. The average Bonchev–Trinajstić information content (AvgIpc) is 2.32. The van der Waals surface area contributed by atoms with E-state index in [-0.39, 0.29) is 11.4 Å². The van der Waals surface area contributed by atoms with Crippen LogP contribution in [0.5, 0.6) is 0 Å². The first-order valence-corrected chi connectivity index (χ1v) is 5.16. The first kappa shape index (κ1) is 11.3. The van der Waals surface area contributed by atoms with Crippen LogP contribution in [0.15, 0.2) is 42.5 Å². The Balaban J connectivity index is 2.20. The second kappa shape index (κ2) is 4.74. The summed E-state index contributed by atoms with van der Waals surface area (Å²) in [6.07, 6.45) is 0. The summed E-state index contributed by atoms with van der Waals surface area (Å²) < 4.78 is 13.3. The molecule has 0 unspecified atom stereocenters. The molecule has 4 heteroatoms. The third-order valence-electron chi connectivity index (χ3n) is 2.24. The number of hydrogen-bond donors (Lipinski definition) is 1. The van der Waals surface area contributed by atoms with E-state index < -0.39 is 11.7 Å². The number of hydrogen-bond acceptors (Lipinski definition) is 2. The molecule has 1 amide bonds. The van der Waals surface area contributed by atoms with E-state index in [0.29, 0.717) is 0 Å². The van der Waals surface area contributed by atoms with Gasteiger partial charge in [0, 0.05) is 5.69 Å². The first-order chi connectivity index (χ1) is 8.16. The molecule has 0 bridgehead atoms. The van der Waals surface area contributed by atoms with Gasteiger partial charge < -0.3 is 5.32 Å². The molecule has 0 fully saturated rings. The summed E-state index contributed by atoms with van der Waals surface area (Å²) in [5.74, 6) is -0.882. The van der Waals surface area contributed by atoms with Crippen molar-refractivity contribution in [3.63, 3.8) is 0 Å². The lowest BCUT2D eigenvalue weighted by molar-refractivity contribution is 0.102. The molecule has 0 saturated heterocycles. The van der Waals surface area contributed by atoms with Crippen molar-refractivity contribution < 1.29 is 9.18 Å². The van der Waals surface area contributed by atoms with Crippen LogP contribution in [0.3, 0.4) is 0 Å². The lowest BCUT2D eigenvalue weighted by atomic mass is 10.2.